The molecule has 18 heavy (non-hydrogen) atoms. The minimum absolute atomic E-state index is 0.215. The molecule has 1 aliphatic rings. The van der Waals surface area contributed by atoms with Crippen LogP contribution in [0.5, 0.6) is 0 Å². The first kappa shape index (κ1) is 11.7. The summed E-state index contributed by atoms with van der Waals surface area (Å²) in [5.74, 6) is 1.94. The minimum atomic E-state index is -0.215. The number of hydrogen-bond acceptors (Lipinski definition) is 2. The number of benzene rings is 1. The number of rotatable bonds is 3. The highest BCUT2D eigenvalue weighted by Crippen LogP contribution is 2.29. The highest BCUT2D eigenvalue weighted by molar-refractivity contribution is 5.76. The van der Waals surface area contributed by atoms with Gasteiger partial charge in [0.15, 0.2) is 0 Å². The predicted octanol–water partition coefficient (Wildman–Crippen LogP) is 2.52. The first-order valence-electron chi connectivity index (χ1n) is 6.57. The fourth-order valence-corrected chi connectivity index (χ4v) is 2.68. The van der Waals surface area contributed by atoms with E-state index >= 15 is 0 Å². The highest BCUT2D eigenvalue weighted by atomic mass is 19.1. The molecule has 0 radical (unpaired) electrons. The van der Waals surface area contributed by atoms with Crippen LogP contribution >= 0.6 is 0 Å². The Kier molecular flexibility index (Phi) is 2.82. The maximum Gasteiger partial charge on any atom is 0.125 e. The van der Waals surface area contributed by atoms with E-state index in [0.29, 0.717) is 11.8 Å². The van der Waals surface area contributed by atoms with Crippen LogP contribution in [0.4, 0.5) is 4.39 Å². The Bertz CT molecular complexity index is 572. The summed E-state index contributed by atoms with van der Waals surface area (Å²) in [6.07, 6.45) is 0. The Balaban J connectivity index is 2.09. The van der Waals surface area contributed by atoms with Crippen molar-refractivity contribution in [2.75, 3.05) is 13.1 Å². The SMILES string of the molecule is CCn1c(C(C)C2CNC2)nc2cc(F)ccc21. The van der Waals surface area contributed by atoms with Gasteiger partial charge in [-0.15, -0.1) is 0 Å². The molecule has 1 atom stereocenters. The summed E-state index contributed by atoms with van der Waals surface area (Å²) < 4.78 is 15.5. The molecule has 1 aromatic heterocycles. The third-order valence-electron chi connectivity index (χ3n) is 3.98. The highest BCUT2D eigenvalue weighted by Gasteiger charge is 2.28. The number of imidazole rings is 1. The van der Waals surface area contributed by atoms with Gasteiger partial charge in [-0.1, -0.05) is 6.92 Å². The zero-order valence-corrected chi connectivity index (χ0v) is 10.8. The van der Waals surface area contributed by atoms with Crippen LogP contribution in [-0.2, 0) is 6.54 Å². The summed E-state index contributed by atoms with van der Waals surface area (Å²) in [7, 11) is 0. The van der Waals surface area contributed by atoms with Crippen LogP contribution in [0.25, 0.3) is 11.0 Å². The second-order valence-electron chi connectivity index (χ2n) is 5.05. The van der Waals surface area contributed by atoms with E-state index in [1.165, 1.54) is 12.1 Å². The number of hydrogen-bond donors (Lipinski definition) is 1. The van der Waals surface area contributed by atoms with Gasteiger partial charge in [0.05, 0.1) is 11.0 Å². The standard InChI is InChI=1S/C14H18FN3/c1-3-18-13-5-4-11(15)6-12(13)17-14(18)9(2)10-7-16-8-10/h4-6,9-10,16H,3,7-8H2,1-2H3. The average Bonchev–Trinajstić information content (AvgIpc) is 2.63. The number of fused-ring (bicyclic) bond motifs is 1. The summed E-state index contributed by atoms with van der Waals surface area (Å²) in [5, 5.41) is 3.30. The maximum atomic E-state index is 13.3. The molecule has 96 valence electrons. The summed E-state index contributed by atoms with van der Waals surface area (Å²) >= 11 is 0. The fraction of sp³-hybridized carbons (Fsp3) is 0.500. The Hall–Kier alpha value is -1.42. The summed E-state index contributed by atoms with van der Waals surface area (Å²) in [5.41, 5.74) is 1.80. The molecule has 1 saturated heterocycles. The molecule has 1 unspecified atom stereocenters. The molecule has 0 saturated carbocycles. The van der Waals surface area contributed by atoms with Gasteiger partial charge in [0.2, 0.25) is 0 Å². The second-order valence-corrected chi connectivity index (χ2v) is 5.05. The molecule has 4 heteroatoms. The third kappa shape index (κ3) is 1.72. The molecule has 3 nitrogen and oxygen atoms in total. The summed E-state index contributed by atoms with van der Waals surface area (Å²) in [6, 6.07) is 4.86. The first-order chi connectivity index (χ1) is 8.70. The van der Waals surface area contributed by atoms with E-state index in [0.717, 1.165) is 36.5 Å². The number of nitrogens with zero attached hydrogens (tertiary/aromatic N) is 2. The van der Waals surface area contributed by atoms with Crippen molar-refractivity contribution < 1.29 is 4.39 Å². The predicted molar refractivity (Wildman–Crippen MR) is 70.1 cm³/mol. The molecule has 1 aromatic carbocycles. The van der Waals surface area contributed by atoms with Gasteiger partial charge in [0, 0.05) is 18.5 Å². The topological polar surface area (TPSA) is 29.9 Å². The van der Waals surface area contributed by atoms with Gasteiger partial charge in [0.25, 0.3) is 0 Å². The van der Waals surface area contributed by atoms with Crippen LogP contribution in [0, 0.1) is 11.7 Å². The maximum absolute atomic E-state index is 13.3. The van der Waals surface area contributed by atoms with E-state index in [1.807, 2.05) is 6.07 Å². The zero-order valence-electron chi connectivity index (χ0n) is 10.8. The lowest BCUT2D eigenvalue weighted by Crippen LogP contribution is -2.45. The Morgan fingerprint density at radius 1 is 1.50 bits per heavy atom. The molecule has 0 aliphatic carbocycles. The Labute approximate surface area is 106 Å². The van der Waals surface area contributed by atoms with Gasteiger partial charge < -0.3 is 9.88 Å². The normalized spacial score (nSPS) is 17.9. The van der Waals surface area contributed by atoms with Crippen LogP contribution in [0.1, 0.15) is 25.6 Å². The van der Waals surface area contributed by atoms with Gasteiger partial charge in [-0.05, 0) is 38.1 Å². The van der Waals surface area contributed by atoms with Gasteiger partial charge >= 0.3 is 0 Å². The van der Waals surface area contributed by atoms with E-state index in [-0.39, 0.29) is 5.82 Å². The van der Waals surface area contributed by atoms with Crippen molar-refractivity contribution in [2.24, 2.45) is 5.92 Å². The van der Waals surface area contributed by atoms with Crippen molar-refractivity contribution in [3.63, 3.8) is 0 Å². The molecule has 1 aliphatic heterocycles. The van der Waals surface area contributed by atoms with Crippen molar-refractivity contribution in [1.82, 2.24) is 14.9 Å². The second kappa shape index (κ2) is 4.35. The third-order valence-corrected chi connectivity index (χ3v) is 3.98. The van der Waals surface area contributed by atoms with E-state index in [4.69, 9.17) is 0 Å². The van der Waals surface area contributed by atoms with Crippen molar-refractivity contribution in [3.05, 3.63) is 29.8 Å². The molecule has 1 N–H and O–H groups in total. The van der Waals surface area contributed by atoms with E-state index in [2.05, 4.69) is 28.7 Å². The van der Waals surface area contributed by atoms with E-state index in [9.17, 15) is 4.39 Å². The molecule has 0 spiro atoms. The van der Waals surface area contributed by atoms with Crippen LogP contribution in [0.15, 0.2) is 18.2 Å². The van der Waals surface area contributed by atoms with Gasteiger partial charge in [-0.2, -0.15) is 0 Å². The van der Waals surface area contributed by atoms with Crippen LogP contribution < -0.4 is 5.32 Å². The molecular formula is C14H18FN3. The van der Waals surface area contributed by atoms with E-state index in [1.54, 1.807) is 0 Å². The largest absolute Gasteiger partial charge is 0.328 e. The van der Waals surface area contributed by atoms with Crippen LogP contribution in [-0.4, -0.2) is 22.6 Å². The average molecular weight is 247 g/mol. The molecule has 2 heterocycles. The van der Waals surface area contributed by atoms with Crippen LogP contribution in [0.3, 0.4) is 0 Å². The lowest BCUT2D eigenvalue weighted by Gasteiger charge is -2.32. The van der Waals surface area contributed by atoms with Crippen molar-refractivity contribution in [1.29, 1.82) is 0 Å². The molecule has 2 aromatic rings. The number of aryl methyl sites for hydroxylation is 1. The number of halogens is 1. The molecule has 1 fully saturated rings. The number of aromatic nitrogens is 2. The van der Waals surface area contributed by atoms with Crippen molar-refractivity contribution >= 4 is 11.0 Å². The van der Waals surface area contributed by atoms with Crippen LogP contribution in [0.2, 0.25) is 0 Å². The molecule has 0 bridgehead atoms. The smallest absolute Gasteiger partial charge is 0.125 e. The summed E-state index contributed by atoms with van der Waals surface area (Å²) in [4.78, 5) is 4.64. The fourth-order valence-electron chi connectivity index (χ4n) is 2.68. The number of nitrogens with one attached hydrogen (secondary N) is 1. The van der Waals surface area contributed by atoms with Crippen molar-refractivity contribution in [2.45, 2.75) is 26.3 Å². The van der Waals surface area contributed by atoms with Gasteiger partial charge in [0.1, 0.15) is 11.6 Å². The molecule has 3 rings (SSSR count). The zero-order chi connectivity index (χ0) is 12.7. The Morgan fingerprint density at radius 2 is 2.28 bits per heavy atom. The lowest BCUT2D eigenvalue weighted by molar-refractivity contribution is 0.292. The van der Waals surface area contributed by atoms with Crippen molar-refractivity contribution in [3.8, 4) is 0 Å². The summed E-state index contributed by atoms with van der Waals surface area (Å²) in [6.45, 7) is 7.32. The van der Waals surface area contributed by atoms with Gasteiger partial charge in [-0.3, -0.25) is 0 Å². The van der Waals surface area contributed by atoms with Gasteiger partial charge in [-0.25, -0.2) is 9.37 Å². The van der Waals surface area contributed by atoms with E-state index < -0.39 is 0 Å². The molecule has 0 amide bonds. The lowest BCUT2D eigenvalue weighted by atomic mass is 9.88. The monoisotopic (exact) mass is 247 g/mol. The molecular weight excluding hydrogens is 229 g/mol. The quantitative estimate of drug-likeness (QED) is 0.903. The minimum Gasteiger partial charge on any atom is -0.328 e. The first-order valence-corrected chi connectivity index (χ1v) is 6.57. The Morgan fingerprint density at radius 3 is 2.89 bits per heavy atom.